The molecule has 1 fully saturated rings. The van der Waals surface area contributed by atoms with Crippen molar-refractivity contribution in [2.45, 2.75) is 31.7 Å². The highest BCUT2D eigenvalue weighted by atomic mass is 35.5. The van der Waals surface area contributed by atoms with Crippen LogP contribution in [0.4, 0.5) is 0 Å². The molecule has 1 aromatic carbocycles. The molecule has 5 nitrogen and oxygen atoms in total. The van der Waals surface area contributed by atoms with E-state index in [1.54, 1.807) is 18.2 Å². The van der Waals surface area contributed by atoms with E-state index in [0.717, 1.165) is 43.5 Å². The molecule has 0 radical (unpaired) electrons. The number of carbonyl (C=O) groups is 1. The van der Waals surface area contributed by atoms with Gasteiger partial charge in [0.2, 0.25) is 0 Å². The summed E-state index contributed by atoms with van der Waals surface area (Å²) in [6.45, 7) is 0.938. The number of nitrogens with zero attached hydrogens (tertiary/aromatic N) is 2. The number of aromatic amines is 1. The summed E-state index contributed by atoms with van der Waals surface area (Å²) in [6.07, 6.45) is 3.60. The zero-order valence-corrected chi connectivity index (χ0v) is 13.6. The summed E-state index contributed by atoms with van der Waals surface area (Å²) in [5.41, 5.74) is 2.16. The summed E-state index contributed by atoms with van der Waals surface area (Å²) < 4.78 is 0. The minimum absolute atomic E-state index is 0.0156. The fourth-order valence-corrected chi connectivity index (χ4v) is 3.21. The summed E-state index contributed by atoms with van der Waals surface area (Å²) >= 11 is 5.89. The number of aromatic nitrogens is 2. The van der Waals surface area contributed by atoms with Crippen LogP contribution in [0.3, 0.4) is 0 Å². The van der Waals surface area contributed by atoms with Crippen LogP contribution < -0.4 is 0 Å². The standard InChI is InChI=1S/C17H20ClN3O2/c18-13-7-5-12(6-8-13)15-11-16(20-19-15)17(23)21-9-1-3-14(21)4-2-10-22/h5-8,11,14,22H,1-4,9-10H2,(H,19,20). The zero-order chi connectivity index (χ0) is 16.2. The third-order valence-electron chi connectivity index (χ3n) is 4.28. The fraction of sp³-hybridized carbons (Fsp3) is 0.412. The van der Waals surface area contributed by atoms with E-state index in [2.05, 4.69) is 10.2 Å². The third-order valence-corrected chi connectivity index (χ3v) is 4.53. The largest absolute Gasteiger partial charge is 0.396 e. The number of aliphatic hydroxyl groups excluding tert-OH is 1. The molecular weight excluding hydrogens is 314 g/mol. The van der Waals surface area contributed by atoms with Gasteiger partial charge in [0.15, 0.2) is 0 Å². The third kappa shape index (κ3) is 3.57. The highest BCUT2D eigenvalue weighted by molar-refractivity contribution is 6.30. The van der Waals surface area contributed by atoms with Crippen LogP contribution in [0.2, 0.25) is 5.02 Å². The van der Waals surface area contributed by atoms with Gasteiger partial charge in [0, 0.05) is 29.8 Å². The number of rotatable bonds is 5. The van der Waals surface area contributed by atoms with Gasteiger partial charge in [0.1, 0.15) is 5.69 Å². The van der Waals surface area contributed by atoms with Crippen LogP contribution in [-0.2, 0) is 0 Å². The van der Waals surface area contributed by atoms with E-state index in [-0.39, 0.29) is 18.6 Å². The van der Waals surface area contributed by atoms with Crippen molar-refractivity contribution in [2.24, 2.45) is 0 Å². The highest BCUT2D eigenvalue weighted by Crippen LogP contribution is 2.25. The number of halogens is 1. The maximum Gasteiger partial charge on any atom is 0.272 e. The van der Waals surface area contributed by atoms with Crippen LogP contribution in [0, 0.1) is 0 Å². The molecule has 2 heterocycles. The number of aliphatic hydroxyl groups is 1. The summed E-state index contributed by atoms with van der Waals surface area (Å²) in [4.78, 5) is 14.6. The predicted molar refractivity (Wildman–Crippen MR) is 89.4 cm³/mol. The number of carbonyl (C=O) groups excluding carboxylic acids is 1. The molecule has 0 saturated carbocycles. The topological polar surface area (TPSA) is 69.2 Å². The van der Waals surface area contributed by atoms with Crippen molar-refractivity contribution in [1.29, 1.82) is 0 Å². The number of likely N-dealkylation sites (tertiary alicyclic amines) is 1. The average molecular weight is 334 g/mol. The van der Waals surface area contributed by atoms with Crippen LogP contribution in [0.5, 0.6) is 0 Å². The van der Waals surface area contributed by atoms with Crippen molar-refractivity contribution in [3.8, 4) is 11.3 Å². The second kappa shape index (κ2) is 7.15. The molecule has 122 valence electrons. The molecule has 0 spiro atoms. The molecule has 1 aliphatic heterocycles. The van der Waals surface area contributed by atoms with Crippen molar-refractivity contribution in [2.75, 3.05) is 13.2 Å². The number of amides is 1. The molecule has 1 aliphatic rings. The summed E-state index contributed by atoms with van der Waals surface area (Å²) in [6, 6.07) is 9.38. The summed E-state index contributed by atoms with van der Waals surface area (Å²) in [5, 5.41) is 16.7. The Bertz CT molecular complexity index is 669. The molecule has 23 heavy (non-hydrogen) atoms. The molecule has 6 heteroatoms. The SMILES string of the molecule is O=C(c1cc(-c2ccc(Cl)cc2)n[nH]1)N1CCCC1CCCO. The van der Waals surface area contributed by atoms with Gasteiger partial charge < -0.3 is 10.0 Å². The normalized spacial score (nSPS) is 17.7. The van der Waals surface area contributed by atoms with E-state index < -0.39 is 0 Å². The number of benzene rings is 1. The number of H-pyrrole nitrogens is 1. The van der Waals surface area contributed by atoms with Crippen LogP contribution in [-0.4, -0.2) is 45.3 Å². The van der Waals surface area contributed by atoms with E-state index in [4.69, 9.17) is 16.7 Å². The Morgan fingerprint density at radius 3 is 2.91 bits per heavy atom. The van der Waals surface area contributed by atoms with Crippen LogP contribution in [0.1, 0.15) is 36.2 Å². The molecule has 2 N–H and O–H groups in total. The minimum atomic E-state index is -0.0156. The molecule has 1 saturated heterocycles. The Balaban J connectivity index is 1.74. The van der Waals surface area contributed by atoms with Gasteiger partial charge in [-0.2, -0.15) is 5.10 Å². The first-order valence-corrected chi connectivity index (χ1v) is 8.30. The van der Waals surface area contributed by atoms with Gasteiger partial charge in [-0.25, -0.2) is 0 Å². The van der Waals surface area contributed by atoms with Crippen molar-refractivity contribution in [3.63, 3.8) is 0 Å². The molecule has 0 aliphatic carbocycles. The summed E-state index contributed by atoms with van der Waals surface area (Å²) in [7, 11) is 0. The Morgan fingerprint density at radius 1 is 1.39 bits per heavy atom. The van der Waals surface area contributed by atoms with Crippen molar-refractivity contribution < 1.29 is 9.90 Å². The first kappa shape index (κ1) is 16.0. The van der Waals surface area contributed by atoms with Crippen molar-refractivity contribution >= 4 is 17.5 Å². The van der Waals surface area contributed by atoms with Crippen LogP contribution in [0.15, 0.2) is 30.3 Å². The predicted octanol–water partition coefficient (Wildman–Crippen LogP) is 3.11. The van der Waals surface area contributed by atoms with Crippen LogP contribution in [0.25, 0.3) is 11.3 Å². The first-order valence-electron chi connectivity index (χ1n) is 7.92. The second-order valence-electron chi connectivity index (χ2n) is 5.83. The number of hydrogen-bond donors (Lipinski definition) is 2. The molecule has 3 rings (SSSR count). The lowest BCUT2D eigenvalue weighted by Gasteiger charge is -2.23. The van der Waals surface area contributed by atoms with E-state index in [0.29, 0.717) is 10.7 Å². The lowest BCUT2D eigenvalue weighted by Crippen LogP contribution is -2.35. The van der Waals surface area contributed by atoms with Crippen molar-refractivity contribution in [1.82, 2.24) is 15.1 Å². The van der Waals surface area contributed by atoms with Gasteiger partial charge in [-0.1, -0.05) is 23.7 Å². The monoisotopic (exact) mass is 333 g/mol. The maximum absolute atomic E-state index is 12.7. The average Bonchev–Trinajstić information content (AvgIpc) is 3.22. The van der Waals surface area contributed by atoms with E-state index in [1.807, 2.05) is 17.0 Å². The molecule has 1 aromatic heterocycles. The number of hydrogen-bond acceptors (Lipinski definition) is 3. The smallest absolute Gasteiger partial charge is 0.272 e. The van der Waals surface area contributed by atoms with Gasteiger partial charge in [-0.15, -0.1) is 0 Å². The second-order valence-corrected chi connectivity index (χ2v) is 6.27. The van der Waals surface area contributed by atoms with Gasteiger partial charge in [-0.05, 0) is 43.9 Å². The number of nitrogens with one attached hydrogen (secondary N) is 1. The van der Waals surface area contributed by atoms with Gasteiger partial charge >= 0.3 is 0 Å². The lowest BCUT2D eigenvalue weighted by atomic mass is 10.1. The summed E-state index contributed by atoms with van der Waals surface area (Å²) in [5.74, 6) is -0.0156. The van der Waals surface area contributed by atoms with E-state index >= 15 is 0 Å². The van der Waals surface area contributed by atoms with Crippen LogP contribution >= 0.6 is 11.6 Å². The molecule has 1 unspecified atom stereocenters. The zero-order valence-electron chi connectivity index (χ0n) is 12.8. The molecule has 1 amide bonds. The Morgan fingerprint density at radius 2 is 2.17 bits per heavy atom. The minimum Gasteiger partial charge on any atom is -0.396 e. The molecule has 2 aromatic rings. The van der Waals surface area contributed by atoms with Crippen molar-refractivity contribution in [3.05, 3.63) is 41.0 Å². The molecule has 0 bridgehead atoms. The van der Waals surface area contributed by atoms with Gasteiger partial charge in [0.25, 0.3) is 5.91 Å². The molecule has 1 atom stereocenters. The maximum atomic E-state index is 12.7. The van der Waals surface area contributed by atoms with E-state index in [9.17, 15) is 4.79 Å². The fourth-order valence-electron chi connectivity index (χ4n) is 3.08. The quantitative estimate of drug-likeness (QED) is 0.883. The van der Waals surface area contributed by atoms with Gasteiger partial charge in [-0.3, -0.25) is 9.89 Å². The Labute approximate surface area is 140 Å². The van der Waals surface area contributed by atoms with Gasteiger partial charge in [0.05, 0.1) is 5.69 Å². The first-order chi connectivity index (χ1) is 11.2. The lowest BCUT2D eigenvalue weighted by molar-refractivity contribution is 0.0718. The van der Waals surface area contributed by atoms with E-state index in [1.165, 1.54) is 0 Å². The highest BCUT2D eigenvalue weighted by Gasteiger charge is 2.29. The Hall–Kier alpha value is -1.85. The molecular formula is C17H20ClN3O2. The Kier molecular flexibility index (Phi) is 4.98.